The van der Waals surface area contributed by atoms with Crippen molar-refractivity contribution in [3.05, 3.63) is 24.7 Å². The molecule has 2 aliphatic heterocycles. The third-order valence-corrected chi connectivity index (χ3v) is 7.29. The van der Waals surface area contributed by atoms with Gasteiger partial charge in [-0.15, -0.1) is 0 Å². The summed E-state index contributed by atoms with van der Waals surface area (Å²) in [6.07, 6.45) is 10.2. The number of pyridine rings is 1. The third-order valence-electron chi connectivity index (χ3n) is 7.29. The number of nitrogens with zero attached hydrogens (tertiary/aromatic N) is 7. The van der Waals surface area contributed by atoms with Gasteiger partial charge in [-0.05, 0) is 38.7 Å². The number of H-pyrrole nitrogens is 1. The molecule has 3 aromatic heterocycles. The standard InChI is InChI=1S/C22H26N8/c1-22(13-23)7-17(8-22)30-15-3-4-16(30)12-29(11-15)18-5-6-24-21-19(18)26-20(27-21)14-9-25-28(2)10-14/h5-6,9-10,15-17H,3-4,7-8,11-12H2,1-2H3,(H,24,26,27)/t15-,16?,17?,22?/m0/s1. The van der Waals surface area contributed by atoms with E-state index in [1.165, 1.54) is 18.5 Å². The molecule has 3 aromatic rings. The lowest BCUT2D eigenvalue weighted by Crippen LogP contribution is -2.61. The van der Waals surface area contributed by atoms with Gasteiger partial charge in [-0.25, -0.2) is 9.97 Å². The van der Waals surface area contributed by atoms with Crippen LogP contribution in [-0.2, 0) is 7.05 Å². The van der Waals surface area contributed by atoms with E-state index in [1.54, 1.807) is 4.68 Å². The van der Waals surface area contributed by atoms with Crippen LogP contribution in [0.25, 0.3) is 22.6 Å². The zero-order valence-electron chi connectivity index (χ0n) is 17.4. The Morgan fingerprint density at radius 2 is 1.97 bits per heavy atom. The van der Waals surface area contributed by atoms with Crippen molar-refractivity contribution in [2.75, 3.05) is 18.0 Å². The fraction of sp³-hybridized carbons (Fsp3) is 0.545. The van der Waals surface area contributed by atoms with Gasteiger partial charge in [0.15, 0.2) is 5.65 Å². The predicted octanol–water partition coefficient (Wildman–Crippen LogP) is 2.70. The minimum Gasteiger partial charge on any atom is -0.367 e. The molecule has 1 N–H and O–H groups in total. The summed E-state index contributed by atoms with van der Waals surface area (Å²) in [7, 11) is 1.91. The summed E-state index contributed by atoms with van der Waals surface area (Å²) in [6.45, 7) is 4.15. The molecule has 154 valence electrons. The molecule has 1 saturated carbocycles. The Hall–Kier alpha value is -2.92. The van der Waals surface area contributed by atoms with Gasteiger partial charge in [0.05, 0.1) is 28.9 Å². The molecule has 3 aliphatic rings. The fourth-order valence-electron chi connectivity index (χ4n) is 5.85. The summed E-state index contributed by atoms with van der Waals surface area (Å²) in [5, 5.41) is 13.6. The molecular formula is C22H26N8. The molecule has 3 fully saturated rings. The highest BCUT2D eigenvalue weighted by atomic mass is 15.3. The lowest BCUT2D eigenvalue weighted by Gasteiger charge is -2.52. The SMILES string of the molecule is Cn1cc(-c2nc3nccc(N4CC5CC[C@@H](C4)N5C4CC(C)(C#N)C4)c3[nH]2)cn1. The van der Waals surface area contributed by atoms with Gasteiger partial charge < -0.3 is 9.88 Å². The molecule has 2 bridgehead atoms. The van der Waals surface area contributed by atoms with E-state index in [0.29, 0.717) is 18.1 Å². The molecule has 0 radical (unpaired) electrons. The van der Waals surface area contributed by atoms with Crippen molar-refractivity contribution in [2.24, 2.45) is 12.5 Å². The normalized spacial score (nSPS) is 31.1. The fourth-order valence-corrected chi connectivity index (χ4v) is 5.85. The molecule has 2 saturated heterocycles. The van der Waals surface area contributed by atoms with Crippen LogP contribution in [0.15, 0.2) is 24.7 Å². The number of imidazole rings is 1. The molecule has 6 rings (SSSR count). The lowest BCUT2D eigenvalue weighted by atomic mass is 9.67. The van der Waals surface area contributed by atoms with Crippen LogP contribution in [0.1, 0.15) is 32.6 Å². The Labute approximate surface area is 175 Å². The van der Waals surface area contributed by atoms with Gasteiger partial charge in [-0.2, -0.15) is 10.4 Å². The molecular weight excluding hydrogens is 376 g/mol. The zero-order valence-corrected chi connectivity index (χ0v) is 17.4. The second-order valence-electron chi connectivity index (χ2n) is 9.49. The quantitative estimate of drug-likeness (QED) is 0.725. The van der Waals surface area contributed by atoms with E-state index >= 15 is 0 Å². The summed E-state index contributed by atoms with van der Waals surface area (Å²) < 4.78 is 1.78. The average Bonchev–Trinajstić information content (AvgIpc) is 3.40. The second kappa shape index (κ2) is 6.29. The first-order valence-electron chi connectivity index (χ1n) is 10.8. The Morgan fingerprint density at radius 3 is 2.63 bits per heavy atom. The van der Waals surface area contributed by atoms with E-state index in [0.717, 1.165) is 48.5 Å². The van der Waals surface area contributed by atoms with Crippen LogP contribution in [0.2, 0.25) is 0 Å². The highest BCUT2D eigenvalue weighted by Gasteiger charge is 2.51. The van der Waals surface area contributed by atoms with Gasteiger partial charge >= 0.3 is 0 Å². The van der Waals surface area contributed by atoms with E-state index in [9.17, 15) is 5.26 Å². The van der Waals surface area contributed by atoms with Crippen LogP contribution in [0, 0.1) is 16.7 Å². The minimum atomic E-state index is -0.114. The molecule has 1 aliphatic carbocycles. The van der Waals surface area contributed by atoms with Gasteiger partial charge in [0.1, 0.15) is 11.3 Å². The Morgan fingerprint density at radius 1 is 1.20 bits per heavy atom. The van der Waals surface area contributed by atoms with E-state index in [1.807, 2.05) is 25.6 Å². The van der Waals surface area contributed by atoms with Gasteiger partial charge in [-0.1, -0.05) is 0 Å². The van der Waals surface area contributed by atoms with Crippen LogP contribution in [0.3, 0.4) is 0 Å². The second-order valence-corrected chi connectivity index (χ2v) is 9.49. The third kappa shape index (κ3) is 2.65. The van der Waals surface area contributed by atoms with E-state index < -0.39 is 0 Å². The van der Waals surface area contributed by atoms with Gasteiger partial charge in [0.2, 0.25) is 0 Å². The molecule has 1 unspecified atom stereocenters. The van der Waals surface area contributed by atoms with E-state index in [2.05, 4.69) is 43.9 Å². The Balaban J connectivity index is 1.27. The first kappa shape index (κ1) is 17.9. The maximum atomic E-state index is 9.39. The van der Waals surface area contributed by atoms with Crippen LogP contribution < -0.4 is 4.90 Å². The van der Waals surface area contributed by atoms with Gasteiger partial charge in [0.25, 0.3) is 0 Å². The number of piperazine rings is 1. The van der Waals surface area contributed by atoms with Crippen molar-refractivity contribution in [3.8, 4) is 17.5 Å². The largest absolute Gasteiger partial charge is 0.367 e. The van der Waals surface area contributed by atoms with Crippen LogP contribution in [-0.4, -0.2) is 60.8 Å². The summed E-state index contributed by atoms with van der Waals surface area (Å²) in [5.74, 6) is 0.810. The minimum absolute atomic E-state index is 0.114. The van der Waals surface area contributed by atoms with Gasteiger partial charge in [-0.3, -0.25) is 9.58 Å². The number of nitrogens with one attached hydrogen (secondary N) is 1. The Kier molecular flexibility index (Phi) is 3.75. The van der Waals surface area contributed by atoms with Crippen LogP contribution in [0.5, 0.6) is 0 Å². The first-order valence-corrected chi connectivity index (χ1v) is 10.8. The zero-order chi connectivity index (χ0) is 20.5. The lowest BCUT2D eigenvalue weighted by molar-refractivity contribution is 0.00680. The number of hydrogen-bond donors (Lipinski definition) is 1. The summed E-state index contributed by atoms with van der Waals surface area (Å²) in [5.41, 5.74) is 3.80. The number of aryl methyl sites for hydroxylation is 1. The van der Waals surface area contributed by atoms with Crippen molar-refractivity contribution in [1.82, 2.24) is 29.6 Å². The average molecular weight is 403 g/mol. The van der Waals surface area contributed by atoms with Crippen LogP contribution in [0.4, 0.5) is 5.69 Å². The Bertz CT molecular complexity index is 1130. The van der Waals surface area contributed by atoms with Crippen molar-refractivity contribution in [2.45, 2.75) is 50.7 Å². The highest BCUT2D eigenvalue weighted by molar-refractivity contribution is 5.88. The summed E-state index contributed by atoms with van der Waals surface area (Å²) in [6, 6.07) is 6.34. The van der Waals surface area contributed by atoms with Crippen molar-refractivity contribution in [1.29, 1.82) is 5.26 Å². The highest BCUT2D eigenvalue weighted by Crippen LogP contribution is 2.47. The van der Waals surface area contributed by atoms with E-state index in [4.69, 9.17) is 4.98 Å². The van der Waals surface area contributed by atoms with Gasteiger partial charge in [0, 0.05) is 50.7 Å². The molecule has 5 heterocycles. The number of rotatable bonds is 3. The smallest absolute Gasteiger partial charge is 0.180 e. The predicted molar refractivity (Wildman–Crippen MR) is 114 cm³/mol. The number of nitriles is 1. The molecule has 8 heteroatoms. The van der Waals surface area contributed by atoms with Crippen LogP contribution >= 0.6 is 0 Å². The molecule has 8 nitrogen and oxygen atoms in total. The number of hydrogen-bond acceptors (Lipinski definition) is 6. The maximum Gasteiger partial charge on any atom is 0.180 e. The first-order chi connectivity index (χ1) is 14.5. The molecule has 2 atom stereocenters. The van der Waals surface area contributed by atoms with E-state index in [-0.39, 0.29) is 5.41 Å². The van der Waals surface area contributed by atoms with Crippen molar-refractivity contribution in [3.63, 3.8) is 0 Å². The topological polar surface area (TPSA) is 89.7 Å². The molecule has 0 aromatic carbocycles. The number of aromatic amines is 1. The monoisotopic (exact) mass is 402 g/mol. The number of fused-ring (bicyclic) bond motifs is 3. The molecule has 30 heavy (non-hydrogen) atoms. The summed E-state index contributed by atoms with van der Waals surface area (Å²) in [4.78, 5) is 18.0. The molecule has 0 spiro atoms. The summed E-state index contributed by atoms with van der Waals surface area (Å²) >= 11 is 0. The number of aromatic nitrogens is 5. The number of anilines is 1. The van der Waals surface area contributed by atoms with Crippen molar-refractivity contribution >= 4 is 16.9 Å². The van der Waals surface area contributed by atoms with Crippen molar-refractivity contribution < 1.29 is 0 Å². The molecule has 0 amide bonds. The maximum absolute atomic E-state index is 9.39.